The summed E-state index contributed by atoms with van der Waals surface area (Å²) in [6.45, 7) is 8.99. The predicted octanol–water partition coefficient (Wildman–Crippen LogP) is 7.02. The van der Waals surface area contributed by atoms with Gasteiger partial charge in [0.05, 0.1) is 29.8 Å². The van der Waals surface area contributed by atoms with Crippen molar-refractivity contribution in [2.45, 2.75) is 52.3 Å². The normalized spacial score (nSPS) is 17.5. The van der Waals surface area contributed by atoms with Gasteiger partial charge in [-0.15, -0.1) is 0 Å². The Morgan fingerprint density at radius 1 is 1.04 bits per heavy atom. The van der Waals surface area contributed by atoms with Crippen molar-refractivity contribution in [2.24, 2.45) is 5.92 Å². The number of ether oxygens (including phenoxy) is 2. The summed E-state index contributed by atoms with van der Waals surface area (Å²) in [5, 5.41) is 13.0. The highest BCUT2D eigenvalue weighted by Crippen LogP contribution is 2.36. The Balaban J connectivity index is 1.36. The largest absolute Gasteiger partial charge is 0.486 e. The van der Waals surface area contributed by atoms with Crippen molar-refractivity contribution < 1.29 is 28.6 Å². The number of benzene rings is 4. The molecule has 4 aromatic rings. The van der Waals surface area contributed by atoms with Crippen molar-refractivity contribution in [1.82, 2.24) is 9.80 Å². The van der Waals surface area contributed by atoms with Crippen LogP contribution in [-0.4, -0.2) is 65.6 Å². The molecule has 2 N–H and O–H groups in total. The fourth-order valence-electron chi connectivity index (χ4n) is 5.85. The van der Waals surface area contributed by atoms with E-state index in [9.17, 15) is 19.1 Å². The minimum Gasteiger partial charge on any atom is -0.486 e. The van der Waals surface area contributed by atoms with Crippen LogP contribution in [0.2, 0.25) is 0 Å². The van der Waals surface area contributed by atoms with E-state index in [0.717, 1.165) is 22.6 Å². The molecule has 0 saturated carbocycles. The van der Waals surface area contributed by atoms with Gasteiger partial charge in [0.15, 0.2) is 5.75 Å². The third kappa shape index (κ3) is 8.21. The number of aliphatic hydroxyl groups excluding tert-OH is 1. The van der Waals surface area contributed by atoms with Crippen molar-refractivity contribution in [3.63, 3.8) is 0 Å². The van der Waals surface area contributed by atoms with Gasteiger partial charge in [-0.25, -0.2) is 4.39 Å². The SMILES string of the molecule is Cc1ccccc1Oc1ccc(CN(C)C[C@H]2Oc3c(NC(=O)C(C)c4ccc(F)cc4)cccc3C(=O)N(C(C)CO)C[C@H]2C)cc1. The molecule has 0 bridgehead atoms. The van der Waals surface area contributed by atoms with E-state index >= 15 is 0 Å². The molecular formula is C39H44FN3O5. The zero-order valence-electron chi connectivity index (χ0n) is 28.2. The highest BCUT2D eigenvalue weighted by atomic mass is 19.1. The quantitative estimate of drug-likeness (QED) is 0.181. The van der Waals surface area contributed by atoms with Crippen molar-refractivity contribution in [2.75, 3.05) is 32.1 Å². The molecule has 9 heteroatoms. The molecule has 0 aliphatic carbocycles. The van der Waals surface area contributed by atoms with E-state index in [0.29, 0.717) is 42.2 Å². The summed E-state index contributed by atoms with van der Waals surface area (Å²) in [4.78, 5) is 31.1. The van der Waals surface area contributed by atoms with E-state index in [1.807, 2.05) is 76.3 Å². The molecule has 0 radical (unpaired) electrons. The Hall–Kier alpha value is -4.73. The maximum atomic E-state index is 13.9. The summed E-state index contributed by atoms with van der Waals surface area (Å²) in [7, 11) is 2.02. The van der Waals surface area contributed by atoms with Crippen molar-refractivity contribution in [3.05, 3.63) is 119 Å². The Labute approximate surface area is 282 Å². The van der Waals surface area contributed by atoms with Crippen LogP contribution in [0.5, 0.6) is 17.2 Å². The third-order valence-corrected chi connectivity index (χ3v) is 8.90. The van der Waals surface area contributed by atoms with E-state index in [2.05, 4.69) is 10.2 Å². The molecule has 4 aromatic carbocycles. The number of hydrogen-bond acceptors (Lipinski definition) is 6. The average Bonchev–Trinajstić information content (AvgIpc) is 3.08. The monoisotopic (exact) mass is 653 g/mol. The summed E-state index contributed by atoms with van der Waals surface area (Å²) in [5.41, 5.74) is 3.52. The number of halogens is 1. The number of aliphatic hydroxyl groups is 1. The van der Waals surface area contributed by atoms with E-state index in [1.165, 1.54) is 12.1 Å². The average molecular weight is 654 g/mol. The van der Waals surface area contributed by atoms with Crippen LogP contribution in [0.4, 0.5) is 10.1 Å². The lowest BCUT2D eigenvalue weighted by atomic mass is 9.98. The van der Waals surface area contributed by atoms with Crippen LogP contribution in [0.1, 0.15) is 53.7 Å². The number of likely N-dealkylation sites (N-methyl/N-ethyl adjacent to an activating group) is 1. The fourth-order valence-corrected chi connectivity index (χ4v) is 5.85. The second kappa shape index (κ2) is 15.4. The first kappa shape index (κ1) is 34.6. The second-order valence-electron chi connectivity index (χ2n) is 12.8. The zero-order valence-corrected chi connectivity index (χ0v) is 28.2. The van der Waals surface area contributed by atoms with Crippen LogP contribution in [0.15, 0.2) is 91.0 Å². The molecule has 0 aromatic heterocycles. The number of carbonyl (C=O) groups is 2. The number of fused-ring (bicyclic) bond motifs is 1. The number of aryl methyl sites for hydroxylation is 1. The van der Waals surface area contributed by atoms with Gasteiger partial charge in [0.25, 0.3) is 5.91 Å². The summed E-state index contributed by atoms with van der Waals surface area (Å²) in [6, 6.07) is 26.4. The molecule has 252 valence electrons. The van der Waals surface area contributed by atoms with Crippen LogP contribution in [-0.2, 0) is 11.3 Å². The number of nitrogens with zero attached hydrogens (tertiary/aromatic N) is 2. The number of hydrogen-bond donors (Lipinski definition) is 2. The Morgan fingerprint density at radius 3 is 2.44 bits per heavy atom. The van der Waals surface area contributed by atoms with Gasteiger partial charge in [-0.1, -0.05) is 55.5 Å². The molecule has 0 spiro atoms. The summed E-state index contributed by atoms with van der Waals surface area (Å²) in [6.07, 6.45) is -0.355. The van der Waals surface area contributed by atoms with E-state index < -0.39 is 12.0 Å². The summed E-state index contributed by atoms with van der Waals surface area (Å²) < 4.78 is 26.3. The molecule has 2 unspecified atom stereocenters. The van der Waals surface area contributed by atoms with Gasteiger partial charge in [0.1, 0.15) is 23.4 Å². The highest BCUT2D eigenvalue weighted by molar-refractivity contribution is 6.02. The molecule has 5 rings (SSSR count). The lowest BCUT2D eigenvalue weighted by Crippen LogP contribution is -2.49. The minimum atomic E-state index is -0.578. The highest BCUT2D eigenvalue weighted by Gasteiger charge is 2.35. The predicted molar refractivity (Wildman–Crippen MR) is 185 cm³/mol. The van der Waals surface area contributed by atoms with Gasteiger partial charge in [-0.3, -0.25) is 14.5 Å². The van der Waals surface area contributed by atoms with Gasteiger partial charge >= 0.3 is 0 Å². The van der Waals surface area contributed by atoms with Gasteiger partial charge in [0, 0.05) is 25.6 Å². The first-order valence-electron chi connectivity index (χ1n) is 16.3. The lowest BCUT2D eigenvalue weighted by molar-refractivity contribution is -0.117. The topological polar surface area (TPSA) is 91.3 Å². The first-order valence-corrected chi connectivity index (χ1v) is 16.3. The van der Waals surface area contributed by atoms with Crippen LogP contribution in [0.3, 0.4) is 0 Å². The van der Waals surface area contributed by atoms with E-state index in [4.69, 9.17) is 9.47 Å². The van der Waals surface area contributed by atoms with E-state index in [-0.39, 0.29) is 36.3 Å². The Kier molecular flexibility index (Phi) is 11.1. The van der Waals surface area contributed by atoms with Gasteiger partial charge in [-0.2, -0.15) is 0 Å². The molecule has 1 aliphatic heterocycles. The maximum Gasteiger partial charge on any atom is 0.258 e. The number of anilines is 1. The van der Waals surface area contributed by atoms with Crippen molar-refractivity contribution in [3.8, 4) is 17.2 Å². The van der Waals surface area contributed by atoms with Crippen LogP contribution < -0.4 is 14.8 Å². The fraction of sp³-hybridized carbons (Fsp3) is 0.333. The number of nitrogens with one attached hydrogen (secondary N) is 1. The molecule has 0 saturated heterocycles. The third-order valence-electron chi connectivity index (χ3n) is 8.90. The lowest BCUT2D eigenvalue weighted by Gasteiger charge is -2.38. The molecule has 0 fully saturated rings. The summed E-state index contributed by atoms with van der Waals surface area (Å²) in [5.74, 6) is 0.220. The van der Waals surface area contributed by atoms with Gasteiger partial charge in [0.2, 0.25) is 5.91 Å². The van der Waals surface area contributed by atoms with E-state index in [1.54, 1.807) is 42.2 Å². The molecule has 2 amide bonds. The summed E-state index contributed by atoms with van der Waals surface area (Å²) >= 11 is 0. The van der Waals surface area contributed by atoms with Crippen LogP contribution in [0, 0.1) is 18.7 Å². The standard InChI is InChI=1S/C39H44FN3O5/c1-25-9-6-7-12-35(25)47-32-19-13-29(14-20-32)22-42(5)23-36-26(2)21-43(27(3)24-44)39(46)33-10-8-11-34(37(33)48-36)41-38(45)28(4)30-15-17-31(40)18-16-30/h6-20,26-28,36,44H,21-24H2,1-5H3,(H,41,45)/t26-,27?,28?,36-/m1/s1. The van der Waals surface area contributed by atoms with Crippen LogP contribution in [0.25, 0.3) is 0 Å². The smallest absolute Gasteiger partial charge is 0.258 e. The number of para-hydroxylation sites is 2. The van der Waals surface area contributed by atoms with Crippen LogP contribution >= 0.6 is 0 Å². The van der Waals surface area contributed by atoms with Gasteiger partial charge < -0.3 is 24.8 Å². The van der Waals surface area contributed by atoms with Crippen molar-refractivity contribution in [1.29, 1.82) is 0 Å². The minimum absolute atomic E-state index is 0.106. The van der Waals surface area contributed by atoms with Crippen molar-refractivity contribution >= 4 is 17.5 Å². The zero-order chi connectivity index (χ0) is 34.4. The number of carbonyl (C=O) groups excluding carboxylic acids is 2. The number of amides is 2. The second-order valence-corrected chi connectivity index (χ2v) is 12.8. The molecule has 4 atom stereocenters. The Morgan fingerprint density at radius 2 is 1.75 bits per heavy atom. The molecule has 8 nitrogen and oxygen atoms in total. The number of rotatable bonds is 11. The molecule has 1 heterocycles. The molecule has 48 heavy (non-hydrogen) atoms. The molecular weight excluding hydrogens is 609 g/mol. The first-order chi connectivity index (χ1) is 23.0. The van der Waals surface area contributed by atoms with Gasteiger partial charge in [-0.05, 0) is 87.0 Å². The Bertz CT molecular complexity index is 1710. The maximum absolute atomic E-state index is 13.9. The molecule has 1 aliphatic rings.